The van der Waals surface area contributed by atoms with E-state index in [-0.39, 0.29) is 11.8 Å². The maximum absolute atomic E-state index is 13.4. The molecule has 0 aromatic heterocycles. The van der Waals surface area contributed by atoms with Crippen molar-refractivity contribution < 1.29 is 23.9 Å². The van der Waals surface area contributed by atoms with Crippen LogP contribution in [0.4, 0.5) is 4.79 Å². The van der Waals surface area contributed by atoms with Crippen LogP contribution in [0.2, 0.25) is 0 Å². The second-order valence-electron chi connectivity index (χ2n) is 12.2. The van der Waals surface area contributed by atoms with Gasteiger partial charge in [-0.3, -0.25) is 14.5 Å². The molecule has 0 bridgehead atoms. The molecule has 2 fully saturated rings. The minimum absolute atomic E-state index is 0.233. The first kappa shape index (κ1) is 33.1. The molecule has 43 heavy (non-hydrogen) atoms. The van der Waals surface area contributed by atoms with Crippen LogP contribution in [0, 0.1) is 5.92 Å². The van der Waals surface area contributed by atoms with Crippen LogP contribution >= 0.6 is 23.5 Å². The van der Waals surface area contributed by atoms with Crippen molar-refractivity contribution in [2.45, 2.75) is 83.7 Å². The molecule has 1 saturated carbocycles. The van der Waals surface area contributed by atoms with Gasteiger partial charge in [0, 0.05) is 18.1 Å². The third-order valence-corrected chi connectivity index (χ3v) is 9.74. The Hall–Kier alpha value is -2.85. The number of carbonyl (C=O) groups is 3. The number of amides is 3. The normalized spacial score (nSPS) is 18.1. The Morgan fingerprint density at radius 2 is 1.72 bits per heavy atom. The molecule has 4 rings (SSSR count). The van der Waals surface area contributed by atoms with Crippen LogP contribution in [0.15, 0.2) is 54.6 Å². The largest absolute Gasteiger partial charge is 0.489 e. The first-order valence-corrected chi connectivity index (χ1v) is 17.5. The van der Waals surface area contributed by atoms with E-state index in [1.807, 2.05) is 54.6 Å². The highest BCUT2D eigenvalue weighted by Crippen LogP contribution is 2.27. The highest BCUT2D eigenvalue weighted by molar-refractivity contribution is 7.99. The van der Waals surface area contributed by atoms with Crippen LogP contribution in [0.5, 0.6) is 5.75 Å². The van der Waals surface area contributed by atoms with Gasteiger partial charge in [0.25, 0.3) is 0 Å². The SMILES string of the molecule is CC(C)(C)OC(=O)N1CSC[C@H]1C(=O)N[C@@H](CSCC1CCCCC1)C(=O)NCc1ccc(OCc2ccccc2)cc1. The quantitative estimate of drug-likeness (QED) is 0.298. The molecule has 0 radical (unpaired) electrons. The van der Waals surface area contributed by atoms with Gasteiger partial charge in [0.05, 0.1) is 5.88 Å². The number of rotatable bonds is 12. The van der Waals surface area contributed by atoms with E-state index in [2.05, 4.69) is 10.6 Å². The zero-order valence-electron chi connectivity index (χ0n) is 25.5. The minimum Gasteiger partial charge on any atom is -0.489 e. The maximum Gasteiger partial charge on any atom is 0.411 e. The van der Waals surface area contributed by atoms with E-state index in [0.29, 0.717) is 36.5 Å². The molecule has 2 aromatic rings. The van der Waals surface area contributed by atoms with Crippen LogP contribution in [-0.4, -0.2) is 63.6 Å². The lowest BCUT2D eigenvalue weighted by Crippen LogP contribution is -2.55. The summed E-state index contributed by atoms with van der Waals surface area (Å²) >= 11 is 3.22. The Balaban J connectivity index is 1.33. The van der Waals surface area contributed by atoms with Crippen LogP contribution in [-0.2, 0) is 27.5 Å². The first-order valence-electron chi connectivity index (χ1n) is 15.2. The van der Waals surface area contributed by atoms with Gasteiger partial charge in [-0.15, -0.1) is 11.8 Å². The summed E-state index contributed by atoms with van der Waals surface area (Å²) in [5, 5.41) is 5.97. The molecule has 3 amide bonds. The van der Waals surface area contributed by atoms with Gasteiger partial charge in [0.2, 0.25) is 11.8 Å². The average Bonchev–Trinajstić information content (AvgIpc) is 3.50. The smallest absolute Gasteiger partial charge is 0.411 e. The maximum atomic E-state index is 13.4. The fraction of sp³-hybridized carbons (Fsp3) is 0.545. The third-order valence-electron chi connectivity index (χ3n) is 7.45. The number of hydrogen-bond donors (Lipinski definition) is 2. The molecular weight excluding hydrogens is 583 g/mol. The van der Waals surface area contributed by atoms with Crippen LogP contribution in [0.1, 0.15) is 64.0 Å². The molecule has 8 nitrogen and oxygen atoms in total. The average molecular weight is 628 g/mol. The summed E-state index contributed by atoms with van der Waals surface area (Å²) in [6.07, 6.45) is 5.78. The van der Waals surface area contributed by atoms with Crippen LogP contribution in [0.3, 0.4) is 0 Å². The van der Waals surface area contributed by atoms with Gasteiger partial charge in [-0.25, -0.2) is 4.79 Å². The zero-order chi connectivity index (χ0) is 30.7. The number of benzene rings is 2. The van der Waals surface area contributed by atoms with Crippen molar-refractivity contribution in [1.29, 1.82) is 0 Å². The topological polar surface area (TPSA) is 97.0 Å². The molecule has 2 atom stereocenters. The molecular formula is C33H45N3O5S2. The number of carbonyl (C=O) groups excluding carboxylic acids is 3. The second-order valence-corrected chi connectivity index (χ2v) is 14.3. The molecule has 1 aliphatic heterocycles. The van der Waals surface area contributed by atoms with Crippen LogP contribution < -0.4 is 15.4 Å². The minimum atomic E-state index is -0.708. The molecule has 2 aromatic carbocycles. The first-order chi connectivity index (χ1) is 20.7. The van der Waals surface area contributed by atoms with E-state index < -0.39 is 23.8 Å². The van der Waals surface area contributed by atoms with E-state index in [1.165, 1.54) is 48.8 Å². The van der Waals surface area contributed by atoms with Gasteiger partial charge < -0.3 is 20.1 Å². The Morgan fingerprint density at radius 3 is 2.42 bits per heavy atom. The summed E-state index contributed by atoms with van der Waals surface area (Å²) in [5.74, 6) is 3.16. The van der Waals surface area contributed by atoms with Crippen molar-refractivity contribution in [3.8, 4) is 5.75 Å². The highest BCUT2D eigenvalue weighted by Gasteiger charge is 2.38. The molecule has 10 heteroatoms. The van der Waals surface area contributed by atoms with E-state index in [9.17, 15) is 14.4 Å². The van der Waals surface area contributed by atoms with E-state index in [0.717, 1.165) is 22.6 Å². The van der Waals surface area contributed by atoms with Crippen molar-refractivity contribution in [1.82, 2.24) is 15.5 Å². The predicted octanol–water partition coefficient (Wildman–Crippen LogP) is 5.99. The van der Waals surface area contributed by atoms with E-state index in [1.54, 1.807) is 32.5 Å². The summed E-state index contributed by atoms with van der Waals surface area (Å²) in [7, 11) is 0. The van der Waals surface area contributed by atoms with Gasteiger partial charge in [-0.1, -0.05) is 61.7 Å². The van der Waals surface area contributed by atoms with Crippen molar-refractivity contribution in [3.63, 3.8) is 0 Å². The fourth-order valence-corrected chi connectivity index (χ4v) is 7.49. The predicted molar refractivity (Wildman–Crippen MR) is 174 cm³/mol. The summed E-state index contributed by atoms with van der Waals surface area (Å²) < 4.78 is 11.4. The number of thioether (sulfide) groups is 2. The Kier molecular flexibility index (Phi) is 12.5. The third kappa shape index (κ3) is 11.0. The number of nitrogens with one attached hydrogen (secondary N) is 2. The van der Waals surface area contributed by atoms with E-state index >= 15 is 0 Å². The molecule has 234 valence electrons. The zero-order valence-corrected chi connectivity index (χ0v) is 27.1. The molecule has 1 heterocycles. The van der Waals surface area contributed by atoms with E-state index in [4.69, 9.17) is 9.47 Å². The fourth-order valence-electron chi connectivity index (χ4n) is 5.07. The Labute approximate surface area is 264 Å². The number of nitrogens with zero attached hydrogens (tertiary/aromatic N) is 1. The molecule has 0 unspecified atom stereocenters. The van der Waals surface area contributed by atoms with Crippen molar-refractivity contribution in [3.05, 3.63) is 65.7 Å². The summed E-state index contributed by atoms with van der Waals surface area (Å²) in [6, 6.07) is 16.3. The monoisotopic (exact) mass is 627 g/mol. The van der Waals surface area contributed by atoms with Crippen molar-refractivity contribution in [2.24, 2.45) is 5.92 Å². The van der Waals surface area contributed by atoms with Gasteiger partial charge in [0.15, 0.2) is 0 Å². The highest BCUT2D eigenvalue weighted by atomic mass is 32.2. The summed E-state index contributed by atoms with van der Waals surface area (Å²) in [4.78, 5) is 41.0. The lowest BCUT2D eigenvalue weighted by Gasteiger charge is -2.28. The lowest BCUT2D eigenvalue weighted by atomic mass is 9.91. The standard InChI is InChI=1S/C33H45N3O5S2/c1-33(2,3)41-32(39)36-23-43-22-29(36)31(38)35-28(21-42-20-26-12-8-5-9-13-26)30(37)34-18-24-14-16-27(17-15-24)40-19-25-10-6-4-7-11-25/h4,6-7,10-11,14-17,26,28-29H,5,8-9,12-13,18-23H2,1-3H3,(H,34,37)(H,35,38)/t28-,29-/m0/s1. The lowest BCUT2D eigenvalue weighted by molar-refractivity contribution is -0.130. The van der Waals surface area contributed by atoms with Gasteiger partial charge in [-0.05, 0) is 68.5 Å². The number of hydrogen-bond acceptors (Lipinski definition) is 7. The second kappa shape index (κ2) is 16.3. The Morgan fingerprint density at radius 1 is 1.00 bits per heavy atom. The molecule has 1 aliphatic carbocycles. The summed E-state index contributed by atoms with van der Waals surface area (Å²) in [5.41, 5.74) is 1.37. The molecule has 1 saturated heterocycles. The van der Waals surface area contributed by atoms with Crippen molar-refractivity contribution >= 4 is 41.4 Å². The molecule has 2 aliphatic rings. The van der Waals surface area contributed by atoms with Crippen LogP contribution in [0.25, 0.3) is 0 Å². The van der Waals surface area contributed by atoms with Gasteiger partial charge in [0.1, 0.15) is 30.0 Å². The van der Waals surface area contributed by atoms with Gasteiger partial charge >= 0.3 is 6.09 Å². The number of ether oxygens (including phenoxy) is 2. The van der Waals surface area contributed by atoms with Gasteiger partial charge in [-0.2, -0.15) is 11.8 Å². The Bertz CT molecular complexity index is 1180. The van der Waals surface area contributed by atoms with Crippen molar-refractivity contribution in [2.75, 3.05) is 23.1 Å². The summed E-state index contributed by atoms with van der Waals surface area (Å²) in [6.45, 7) is 6.23. The molecule has 0 spiro atoms. The molecule has 2 N–H and O–H groups in total.